The van der Waals surface area contributed by atoms with Crippen molar-refractivity contribution in [2.24, 2.45) is 5.92 Å². The molecule has 0 saturated heterocycles. The van der Waals surface area contributed by atoms with Crippen LogP contribution in [-0.4, -0.2) is 16.2 Å². The van der Waals surface area contributed by atoms with E-state index in [9.17, 15) is 9.90 Å². The fourth-order valence-corrected chi connectivity index (χ4v) is 1.96. The normalized spacial score (nSPS) is 12.7. The predicted octanol–water partition coefficient (Wildman–Crippen LogP) is 3.17. The highest BCUT2D eigenvalue weighted by molar-refractivity contribution is 5.66. The van der Waals surface area contributed by atoms with Crippen molar-refractivity contribution in [1.82, 2.24) is 0 Å². The Kier molecular flexibility index (Phi) is 5.86. The van der Waals surface area contributed by atoms with Gasteiger partial charge in [-0.1, -0.05) is 38.1 Å². The van der Waals surface area contributed by atoms with Gasteiger partial charge in [0, 0.05) is 6.42 Å². The zero-order chi connectivity index (χ0) is 13.5. The van der Waals surface area contributed by atoms with Crippen molar-refractivity contribution in [2.75, 3.05) is 0 Å². The first kappa shape index (κ1) is 14.7. The van der Waals surface area contributed by atoms with E-state index < -0.39 is 12.1 Å². The zero-order valence-corrected chi connectivity index (χ0v) is 11.1. The molecule has 18 heavy (non-hydrogen) atoms. The predicted molar refractivity (Wildman–Crippen MR) is 71.4 cm³/mol. The largest absolute Gasteiger partial charge is 0.481 e. The number of carboxylic acid groups (broad SMARTS) is 1. The van der Waals surface area contributed by atoms with Gasteiger partial charge in [-0.05, 0) is 36.3 Å². The maximum absolute atomic E-state index is 10.4. The minimum atomic E-state index is -0.811. The molecule has 1 aromatic carbocycles. The van der Waals surface area contributed by atoms with Crippen molar-refractivity contribution < 1.29 is 15.0 Å². The first-order valence-electron chi connectivity index (χ1n) is 6.47. The van der Waals surface area contributed by atoms with E-state index in [4.69, 9.17) is 5.11 Å². The Morgan fingerprint density at radius 1 is 1.22 bits per heavy atom. The summed E-state index contributed by atoms with van der Waals surface area (Å²) in [5, 5.41) is 18.4. The summed E-state index contributed by atoms with van der Waals surface area (Å²) in [6.45, 7) is 4.35. The van der Waals surface area contributed by atoms with Gasteiger partial charge in [-0.25, -0.2) is 0 Å². The summed E-state index contributed by atoms with van der Waals surface area (Å²) < 4.78 is 0. The molecule has 2 N–H and O–H groups in total. The Bertz CT molecular complexity index is 368. The Morgan fingerprint density at radius 3 is 2.33 bits per heavy atom. The van der Waals surface area contributed by atoms with Gasteiger partial charge in [-0.2, -0.15) is 0 Å². The number of carbonyl (C=O) groups is 1. The standard InChI is InChI=1S/C15H22O3/c1-11(2)10-12-6-8-13(9-7-12)14(16)4-3-5-15(17)18/h6-9,11,14,16H,3-5,10H2,1-2H3,(H,17,18). The van der Waals surface area contributed by atoms with Crippen LogP contribution in [0.1, 0.15) is 50.3 Å². The smallest absolute Gasteiger partial charge is 0.303 e. The molecule has 0 bridgehead atoms. The molecule has 0 amide bonds. The number of carboxylic acids is 1. The van der Waals surface area contributed by atoms with Crippen LogP contribution >= 0.6 is 0 Å². The molecule has 100 valence electrons. The van der Waals surface area contributed by atoms with Crippen LogP contribution in [0.4, 0.5) is 0 Å². The third-order valence-corrected chi connectivity index (χ3v) is 2.88. The van der Waals surface area contributed by atoms with E-state index in [-0.39, 0.29) is 6.42 Å². The third-order valence-electron chi connectivity index (χ3n) is 2.88. The van der Waals surface area contributed by atoms with E-state index in [0.717, 1.165) is 12.0 Å². The molecule has 1 unspecified atom stereocenters. The number of aliphatic hydroxyl groups excluding tert-OH is 1. The summed E-state index contributed by atoms with van der Waals surface area (Å²) >= 11 is 0. The highest BCUT2D eigenvalue weighted by Gasteiger charge is 2.08. The molecule has 0 radical (unpaired) electrons. The minimum absolute atomic E-state index is 0.114. The highest BCUT2D eigenvalue weighted by Crippen LogP contribution is 2.20. The minimum Gasteiger partial charge on any atom is -0.481 e. The number of hydrogen-bond donors (Lipinski definition) is 2. The molecule has 3 nitrogen and oxygen atoms in total. The lowest BCUT2D eigenvalue weighted by molar-refractivity contribution is -0.137. The molecule has 1 rings (SSSR count). The van der Waals surface area contributed by atoms with Crippen LogP contribution < -0.4 is 0 Å². The maximum Gasteiger partial charge on any atom is 0.303 e. The molecule has 1 aromatic rings. The van der Waals surface area contributed by atoms with Crippen LogP contribution in [0, 0.1) is 5.92 Å². The van der Waals surface area contributed by atoms with Crippen LogP contribution in [0.25, 0.3) is 0 Å². The summed E-state index contributed by atoms with van der Waals surface area (Å²) in [5.41, 5.74) is 2.14. The molecular weight excluding hydrogens is 228 g/mol. The molecule has 0 spiro atoms. The molecular formula is C15H22O3. The Hall–Kier alpha value is -1.35. The summed E-state index contributed by atoms with van der Waals surface area (Å²) in [6.07, 6.45) is 1.59. The molecule has 0 fully saturated rings. The lowest BCUT2D eigenvalue weighted by Crippen LogP contribution is -2.01. The summed E-state index contributed by atoms with van der Waals surface area (Å²) in [6, 6.07) is 7.94. The zero-order valence-electron chi connectivity index (χ0n) is 11.1. The number of aliphatic carboxylic acids is 1. The van der Waals surface area contributed by atoms with Gasteiger partial charge in [0.1, 0.15) is 0 Å². The van der Waals surface area contributed by atoms with E-state index >= 15 is 0 Å². The van der Waals surface area contributed by atoms with Gasteiger partial charge >= 0.3 is 5.97 Å². The van der Waals surface area contributed by atoms with Crippen LogP contribution in [0.15, 0.2) is 24.3 Å². The first-order chi connectivity index (χ1) is 8.49. The van der Waals surface area contributed by atoms with Crippen molar-refractivity contribution in [3.63, 3.8) is 0 Å². The topological polar surface area (TPSA) is 57.5 Å². The second kappa shape index (κ2) is 7.17. The van der Waals surface area contributed by atoms with Crippen molar-refractivity contribution >= 4 is 5.97 Å². The van der Waals surface area contributed by atoms with Gasteiger partial charge in [0.2, 0.25) is 0 Å². The van der Waals surface area contributed by atoms with E-state index in [1.807, 2.05) is 24.3 Å². The molecule has 0 saturated carbocycles. The first-order valence-corrected chi connectivity index (χ1v) is 6.47. The molecule has 0 aromatic heterocycles. The molecule has 1 atom stereocenters. The average molecular weight is 250 g/mol. The van der Waals surface area contributed by atoms with Gasteiger partial charge in [-0.15, -0.1) is 0 Å². The third kappa shape index (κ3) is 5.32. The molecule has 3 heteroatoms. The SMILES string of the molecule is CC(C)Cc1ccc(C(O)CCCC(=O)O)cc1. The van der Waals surface area contributed by atoms with Crippen molar-refractivity contribution in [2.45, 2.75) is 45.6 Å². The van der Waals surface area contributed by atoms with Gasteiger partial charge < -0.3 is 10.2 Å². The number of aliphatic hydroxyl groups is 1. The highest BCUT2D eigenvalue weighted by atomic mass is 16.4. The van der Waals surface area contributed by atoms with Crippen LogP contribution in [0.5, 0.6) is 0 Å². The summed E-state index contributed by atoms with van der Waals surface area (Å²) in [7, 11) is 0. The summed E-state index contributed by atoms with van der Waals surface area (Å²) in [5.74, 6) is -0.189. The fourth-order valence-electron chi connectivity index (χ4n) is 1.96. The van der Waals surface area contributed by atoms with Crippen molar-refractivity contribution in [1.29, 1.82) is 0 Å². The van der Waals surface area contributed by atoms with E-state index in [1.54, 1.807) is 0 Å². The molecule has 0 aliphatic heterocycles. The van der Waals surface area contributed by atoms with E-state index in [2.05, 4.69) is 13.8 Å². The maximum atomic E-state index is 10.4. The fraction of sp³-hybridized carbons (Fsp3) is 0.533. The monoisotopic (exact) mass is 250 g/mol. The van der Waals surface area contributed by atoms with Crippen molar-refractivity contribution in [3.05, 3.63) is 35.4 Å². The number of hydrogen-bond acceptors (Lipinski definition) is 2. The lowest BCUT2D eigenvalue weighted by Gasteiger charge is -2.11. The van der Waals surface area contributed by atoms with E-state index in [0.29, 0.717) is 18.8 Å². The van der Waals surface area contributed by atoms with Crippen LogP contribution in [0.3, 0.4) is 0 Å². The molecule has 0 aliphatic carbocycles. The average Bonchev–Trinajstić information content (AvgIpc) is 2.28. The van der Waals surface area contributed by atoms with Gasteiger partial charge in [0.05, 0.1) is 6.10 Å². The number of benzene rings is 1. The van der Waals surface area contributed by atoms with Gasteiger partial charge in [0.25, 0.3) is 0 Å². The van der Waals surface area contributed by atoms with Crippen LogP contribution in [0.2, 0.25) is 0 Å². The van der Waals surface area contributed by atoms with Gasteiger partial charge in [-0.3, -0.25) is 4.79 Å². The quantitative estimate of drug-likeness (QED) is 0.781. The summed E-state index contributed by atoms with van der Waals surface area (Å²) in [4.78, 5) is 10.4. The second-order valence-electron chi connectivity index (χ2n) is 5.14. The second-order valence-corrected chi connectivity index (χ2v) is 5.14. The lowest BCUT2D eigenvalue weighted by atomic mass is 9.98. The Balaban J connectivity index is 2.48. The Labute approximate surface area is 108 Å². The van der Waals surface area contributed by atoms with E-state index in [1.165, 1.54) is 5.56 Å². The Morgan fingerprint density at radius 2 is 1.83 bits per heavy atom. The number of rotatable bonds is 7. The van der Waals surface area contributed by atoms with Crippen molar-refractivity contribution in [3.8, 4) is 0 Å². The van der Waals surface area contributed by atoms with Crippen LogP contribution in [-0.2, 0) is 11.2 Å². The van der Waals surface area contributed by atoms with Gasteiger partial charge in [0.15, 0.2) is 0 Å². The molecule has 0 heterocycles. The molecule has 0 aliphatic rings.